The maximum atomic E-state index is 9.45. The molecule has 76 valence electrons. The summed E-state index contributed by atoms with van der Waals surface area (Å²) in [4.78, 5) is 0. The molecule has 0 aliphatic carbocycles. The molecule has 0 aromatic heterocycles. The Hall–Kier alpha value is -1.68. The molecule has 14 heavy (non-hydrogen) atoms. The Labute approximate surface area is 81.9 Å². The Morgan fingerprint density at radius 1 is 1.29 bits per heavy atom. The van der Waals surface area contributed by atoms with Crippen molar-refractivity contribution in [2.24, 2.45) is 5.73 Å². The normalized spacial score (nSPS) is 12.4. The highest BCUT2D eigenvalue weighted by Gasteiger charge is 2.15. The topological polar surface area (TPSA) is 86.7 Å². The zero-order valence-electron chi connectivity index (χ0n) is 7.64. The van der Waals surface area contributed by atoms with Crippen molar-refractivity contribution in [3.8, 4) is 17.2 Å². The Balaban J connectivity index is 3.10. The number of nitrogens with two attached hydrogens (primary N) is 1. The summed E-state index contributed by atoms with van der Waals surface area (Å²) < 4.78 is 0. The van der Waals surface area contributed by atoms with Crippen molar-refractivity contribution in [1.29, 1.82) is 0 Å². The van der Waals surface area contributed by atoms with Crippen molar-refractivity contribution in [2.75, 3.05) is 0 Å². The molecule has 0 fully saturated rings. The summed E-state index contributed by atoms with van der Waals surface area (Å²) in [7, 11) is 0. The van der Waals surface area contributed by atoms with E-state index >= 15 is 0 Å². The van der Waals surface area contributed by atoms with E-state index in [-0.39, 0.29) is 11.5 Å². The largest absolute Gasteiger partial charge is 0.504 e. The van der Waals surface area contributed by atoms with E-state index in [0.29, 0.717) is 12.0 Å². The van der Waals surface area contributed by atoms with Crippen LogP contribution in [-0.2, 0) is 0 Å². The van der Waals surface area contributed by atoms with Gasteiger partial charge in [0.15, 0.2) is 11.5 Å². The first-order valence-corrected chi connectivity index (χ1v) is 4.18. The standard InChI is InChI=1S/C10H13NO3/c1-2-3-7(11)6-4-5-8(12)10(14)9(6)13/h2,4-5,7,12-14H,1,3,11H2/t7-/m1/s1. The van der Waals surface area contributed by atoms with Gasteiger partial charge in [-0.05, 0) is 18.6 Å². The molecule has 0 unspecified atom stereocenters. The zero-order valence-corrected chi connectivity index (χ0v) is 7.64. The summed E-state index contributed by atoms with van der Waals surface area (Å²) in [5, 5.41) is 27.7. The third kappa shape index (κ3) is 1.80. The average Bonchev–Trinajstić information content (AvgIpc) is 2.15. The summed E-state index contributed by atoms with van der Waals surface area (Å²) in [6.07, 6.45) is 2.10. The van der Waals surface area contributed by atoms with E-state index in [1.807, 2.05) is 0 Å². The molecule has 0 radical (unpaired) electrons. The van der Waals surface area contributed by atoms with Gasteiger partial charge in [0.2, 0.25) is 5.75 Å². The highest BCUT2D eigenvalue weighted by atomic mass is 16.3. The van der Waals surface area contributed by atoms with Crippen LogP contribution in [0.25, 0.3) is 0 Å². The van der Waals surface area contributed by atoms with Gasteiger partial charge in [-0.25, -0.2) is 0 Å². The summed E-state index contributed by atoms with van der Waals surface area (Å²) >= 11 is 0. The maximum Gasteiger partial charge on any atom is 0.200 e. The molecular formula is C10H13NO3. The summed E-state index contributed by atoms with van der Waals surface area (Å²) in [6.45, 7) is 3.52. The van der Waals surface area contributed by atoms with Crippen LogP contribution in [0.1, 0.15) is 18.0 Å². The molecule has 1 rings (SSSR count). The van der Waals surface area contributed by atoms with E-state index < -0.39 is 11.8 Å². The van der Waals surface area contributed by atoms with Crippen molar-refractivity contribution in [3.05, 3.63) is 30.4 Å². The predicted molar refractivity (Wildman–Crippen MR) is 53.2 cm³/mol. The second-order valence-electron chi connectivity index (χ2n) is 3.00. The van der Waals surface area contributed by atoms with Crippen LogP contribution in [0.2, 0.25) is 0 Å². The quantitative estimate of drug-likeness (QED) is 0.433. The van der Waals surface area contributed by atoms with Gasteiger partial charge >= 0.3 is 0 Å². The fraction of sp³-hybridized carbons (Fsp3) is 0.200. The summed E-state index contributed by atoms with van der Waals surface area (Å²) in [6, 6.07) is 2.32. The highest BCUT2D eigenvalue weighted by Crippen LogP contribution is 2.39. The van der Waals surface area contributed by atoms with Crippen LogP contribution < -0.4 is 5.73 Å². The minimum absolute atomic E-state index is 0.364. The second-order valence-corrected chi connectivity index (χ2v) is 3.00. The van der Waals surface area contributed by atoms with Gasteiger partial charge in [-0.15, -0.1) is 6.58 Å². The Morgan fingerprint density at radius 2 is 1.93 bits per heavy atom. The molecule has 4 heteroatoms. The molecular weight excluding hydrogens is 182 g/mol. The number of hydrogen-bond donors (Lipinski definition) is 4. The predicted octanol–water partition coefficient (Wildman–Crippen LogP) is 1.38. The smallest absolute Gasteiger partial charge is 0.200 e. The average molecular weight is 195 g/mol. The lowest BCUT2D eigenvalue weighted by Gasteiger charge is -2.12. The summed E-state index contributed by atoms with van der Waals surface area (Å²) in [5.74, 6) is -1.28. The van der Waals surface area contributed by atoms with Crippen LogP contribution in [0.15, 0.2) is 24.8 Å². The lowest BCUT2D eigenvalue weighted by atomic mass is 10.0. The molecule has 0 aliphatic heterocycles. The molecule has 0 amide bonds. The van der Waals surface area contributed by atoms with Crippen LogP contribution in [0.3, 0.4) is 0 Å². The van der Waals surface area contributed by atoms with Crippen molar-refractivity contribution >= 4 is 0 Å². The van der Waals surface area contributed by atoms with Crippen LogP contribution in [-0.4, -0.2) is 15.3 Å². The van der Waals surface area contributed by atoms with Gasteiger partial charge in [-0.2, -0.15) is 0 Å². The number of benzene rings is 1. The molecule has 0 aliphatic rings. The number of aromatic hydroxyl groups is 3. The summed E-state index contributed by atoms with van der Waals surface area (Å²) in [5.41, 5.74) is 6.09. The van der Waals surface area contributed by atoms with Gasteiger partial charge in [0.1, 0.15) is 0 Å². The van der Waals surface area contributed by atoms with E-state index in [9.17, 15) is 10.2 Å². The Kier molecular flexibility index (Phi) is 2.99. The van der Waals surface area contributed by atoms with Gasteiger partial charge in [-0.1, -0.05) is 6.08 Å². The van der Waals surface area contributed by atoms with E-state index in [1.165, 1.54) is 12.1 Å². The molecule has 0 spiro atoms. The molecule has 1 aromatic carbocycles. The van der Waals surface area contributed by atoms with Gasteiger partial charge < -0.3 is 21.1 Å². The van der Waals surface area contributed by atoms with Gasteiger partial charge in [-0.3, -0.25) is 0 Å². The second kappa shape index (κ2) is 4.02. The first-order chi connectivity index (χ1) is 6.57. The first kappa shape index (κ1) is 10.4. The third-order valence-electron chi connectivity index (χ3n) is 1.98. The Bertz CT molecular complexity index is 349. The zero-order chi connectivity index (χ0) is 10.7. The molecule has 0 saturated carbocycles. The molecule has 0 bridgehead atoms. The van der Waals surface area contributed by atoms with Crippen LogP contribution >= 0.6 is 0 Å². The molecule has 4 nitrogen and oxygen atoms in total. The minimum atomic E-state index is -0.540. The van der Waals surface area contributed by atoms with E-state index in [0.717, 1.165) is 0 Å². The van der Waals surface area contributed by atoms with Crippen LogP contribution in [0.4, 0.5) is 0 Å². The van der Waals surface area contributed by atoms with Crippen molar-refractivity contribution < 1.29 is 15.3 Å². The highest BCUT2D eigenvalue weighted by molar-refractivity contribution is 5.54. The lowest BCUT2D eigenvalue weighted by Crippen LogP contribution is -2.09. The monoisotopic (exact) mass is 195 g/mol. The fourth-order valence-electron chi connectivity index (χ4n) is 1.19. The lowest BCUT2D eigenvalue weighted by molar-refractivity contribution is 0.363. The van der Waals surface area contributed by atoms with E-state index in [1.54, 1.807) is 6.08 Å². The number of phenolic OH excluding ortho intramolecular Hbond substituents is 3. The molecule has 5 N–H and O–H groups in total. The van der Waals surface area contributed by atoms with Gasteiger partial charge in [0, 0.05) is 11.6 Å². The number of phenols is 3. The SMILES string of the molecule is C=CC[C@@H](N)c1ccc(O)c(O)c1O. The van der Waals surface area contributed by atoms with Crippen molar-refractivity contribution in [3.63, 3.8) is 0 Å². The molecule has 1 aromatic rings. The number of hydrogen-bond acceptors (Lipinski definition) is 4. The maximum absolute atomic E-state index is 9.45. The first-order valence-electron chi connectivity index (χ1n) is 4.18. The molecule has 1 atom stereocenters. The van der Waals surface area contributed by atoms with Gasteiger partial charge in [0.05, 0.1) is 0 Å². The van der Waals surface area contributed by atoms with Crippen LogP contribution in [0.5, 0.6) is 17.2 Å². The van der Waals surface area contributed by atoms with E-state index in [2.05, 4.69) is 6.58 Å². The fourth-order valence-corrected chi connectivity index (χ4v) is 1.19. The molecule has 0 heterocycles. The number of rotatable bonds is 3. The van der Waals surface area contributed by atoms with E-state index in [4.69, 9.17) is 10.8 Å². The minimum Gasteiger partial charge on any atom is -0.504 e. The third-order valence-corrected chi connectivity index (χ3v) is 1.98. The van der Waals surface area contributed by atoms with Crippen molar-refractivity contribution in [2.45, 2.75) is 12.5 Å². The van der Waals surface area contributed by atoms with Crippen molar-refractivity contribution in [1.82, 2.24) is 0 Å². The van der Waals surface area contributed by atoms with Crippen LogP contribution in [0, 0.1) is 0 Å². The van der Waals surface area contributed by atoms with Gasteiger partial charge in [0.25, 0.3) is 0 Å². The molecule has 0 saturated heterocycles. The Morgan fingerprint density at radius 3 is 2.50 bits per heavy atom.